The number of anilines is 2. The van der Waals surface area contributed by atoms with Gasteiger partial charge < -0.3 is 20.1 Å². The van der Waals surface area contributed by atoms with E-state index in [2.05, 4.69) is 39.4 Å². The van der Waals surface area contributed by atoms with Gasteiger partial charge in [-0.3, -0.25) is 9.69 Å². The number of piperazine rings is 1. The van der Waals surface area contributed by atoms with Crippen molar-refractivity contribution in [3.8, 4) is 0 Å². The molecule has 3 atom stereocenters. The fourth-order valence-electron chi connectivity index (χ4n) is 4.25. The molecule has 0 spiro atoms. The van der Waals surface area contributed by atoms with Crippen molar-refractivity contribution in [3.05, 3.63) is 60.7 Å². The van der Waals surface area contributed by atoms with E-state index in [9.17, 15) is 9.90 Å². The Bertz CT molecular complexity index is 794. The molecule has 2 aromatic rings. The van der Waals surface area contributed by atoms with E-state index in [0.717, 1.165) is 51.3 Å². The molecule has 0 radical (unpaired) electrons. The second kappa shape index (κ2) is 10.1. The van der Waals surface area contributed by atoms with Crippen LogP contribution in [-0.2, 0) is 9.53 Å². The Balaban J connectivity index is 1.23. The molecule has 6 heteroatoms. The van der Waals surface area contributed by atoms with Crippen molar-refractivity contribution in [1.82, 2.24) is 4.90 Å². The van der Waals surface area contributed by atoms with Crippen LogP contribution in [0.4, 0.5) is 11.4 Å². The van der Waals surface area contributed by atoms with Gasteiger partial charge in [0.15, 0.2) is 6.10 Å². The molecule has 0 unspecified atom stereocenters. The number of ether oxygens (including phenoxy) is 1. The summed E-state index contributed by atoms with van der Waals surface area (Å²) in [6.45, 7) is 5.06. The van der Waals surface area contributed by atoms with Crippen LogP contribution in [0.15, 0.2) is 60.7 Å². The van der Waals surface area contributed by atoms with Crippen molar-refractivity contribution in [2.75, 3.05) is 42.9 Å². The zero-order chi connectivity index (χ0) is 20.8. The highest BCUT2D eigenvalue weighted by Gasteiger charge is 2.35. The standard InChI is InChI=1S/C24H31N3O3/c28-22-12-11-21(30-23(22)24(29)25-19-7-3-1-4-8-19)13-14-26-15-17-27(18-16-26)20-9-5-2-6-10-20/h1-10,21-23,28H,11-18H2,(H,25,29)/t21-,22-,23-/m0/s1. The first kappa shape index (κ1) is 20.8. The molecule has 1 amide bonds. The maximum atomic E-state index is 12.6. The average Bonchev–Trinajstić information content (AvgIpc) is 2.80. The molecular weight excluding hydrogens is 378 g/mol. The topological polar surface area (TPSA) is 65.0 Å². The highest BCUT2D eigenvalue weighted by Crippen LogP contribution is 2.24. The summed E-state index contributed by atoms with van der Waals surface area (Å²) in [5.41, 5.74) is 2.01. The second-order valence-electron chi connectivity index (χ2n) is 8.13. The number of rotatable bonds is 6. The molecule has 0 bridgehead atoms. The summed E-state index contributed by atoms with van der Waals surface area (Å²) in [5.74, 6) is -0.269. The molecule has 2 aliphatic heterocycles. The molecule has 4 rings (SSSR count). The number of hydrogen-bond acceptors (Lipinski definition) is 5. The van der Waals surface area contributed by atoms with Crippen molar-refractivity contribution < 1.29 is 14.6 Å². The Hall–Kier alpha value is -2.41. The minimum absolute atomic E-state index is 0.00655. The lowest BCUT2D eigenvalue weighted by molar-refractivity contribution is -0.153. The predicted molar refractivity (Wildman–Crippen MR) is 119 cm³/mol. The van der Waals surface area contributed by atoms with E-state index in [-0.39, 0.29) is 12.0 Å². The first-order valence-corrected chi connectivity index (χ1v) is 10.9. The van der Waals surface area contributed by atoms with Gasteiger partial charge in [0.1, 0.15) is 0 Å². The number of aliphatic hydroxyl groups excluding tert-OH is 1. The Morgan fingerprint density at radius 3 is 2.33 bits per heavy atom. The molecule has 6 nitrogen and oxygen atoms in total. The number of carbonyl (C=O) groups is 1. The third-order valence-corrected chi connectivity index (χ3v) is 6.03. The van der Waals surface area contributed by atoms with Crippen LogP contribution in [-0.4, -0.2) is 66.9 Å². The van der Waals surface area contributed by atoms with Gasteiger partial charge in [-0.15, -0.1) is 0 Å². The van der Waals surface area contributed by atoms with Crippen molar-refractivity contribution in [2.45, 2.75) is 37.6 Å². The predicted octanol–water partition coefficient (Wildman–Crippen LogP) is 2.75. The van der Waals surface area contributed by atoms with Gasteiger partial charge in [-0.05, 0) is 43.5 Å². The average molecular weight is 410 g/mol. The number of nitrogens with one attached hydrogen (secondary N) is 1. The Kier molecular flexibility index (Phi) is 7.00. The summed E-state index contributed by atoms with van der Waals surface area (Å²) in [6.07, 6.45) is 0.720. The number of para-hydroxylation sites is 2. The largest absolute Gasteiger partial charge is 0.390 e. The van der Waals surface area contributed by atoms with E-state index in [1.807, 2.05) is 36.4 Å². The van der Waals surface area contributed by atoms with Crippen molar-refractivity contribution in [1.29, 1.82) is 0 Å². The van der Waals surface area contributed by atoms with Gasteiger partial charge in [0.25, 0.3) is 5.91 Å². The molecule has 2 aliphatic rings. The summed E-state index contributed by atoms with van der Waals surface area (Å²) in [7, 11) is 0. The molecule has 160 valence electrons. The quantitative estimate of drug-likeness (QED) is 0.768. The van der Waals surface area contributed by atoms with Crippen LogP contribution in [0.1, 0.15) is 19.3 Å². The third-order valence-electron chi connectivity index (χ3n) is 6.03. The highest BCUT2D eigenvalue weighted by atomic mass is 16.5. The molecule has 0 aliphatic carbocycles. The maximum absolute atomic E-state index is 12.6. The molecule has 2 saturated heterocycles. The number of nitrogens with zero attached hydrogens (tertiary/aromatic N) is 2. The molecule has 2 aromatic carbocycles. The minimum Gasteiger partial charge on any atom is -0.390 e. The maximum Gasteiger partial charge on any atom is 0.256 e. The lowest BCUT2D eigenvalue weighted by atomic mass is 9.98. The molecule has 0 saturated carbocycles. The van der Waals surface area contributed by atoms with Crippen LogP contribution in [0.25, 0.3) is 0 Å². The van der Waals surface area contributed by atoms with Gasteiger partial charge >= 0.3 is 0 Å². The van der Waals surface area contributed by atoms with Crippen molar-refractivity contribution in [3.63, 3.8) is 0 Å². The van der Waals surface area contributed by atoms with Crippen LogP contribution >= 0.6 is 0 Å². The number of benzene rings is 2. The summed E-state index contributed by atoms with van der Waals surface area (Å²) in [5, 5.41) is 13.1. The summed E-state index contributed by atoms with van der Waals surface area (Å²) < 4.78 is 6.02. The monoisotopic (exact) mass is 409 g/mol. The van der Waals surface area contributed by atoms with E-state index in [4.69, 9.17) is 4.74 Å². The lowest BCUT2D eigenvalue weighted by Crippen LogP contribution is -2.49. The fraction of sp³-hybridized carbons (Fsp3) is 0.458. The molecule has 2 heterocycles. The molecule has 2 fully saturated rings. The van der Waals surface area contributed by atoms with E-state index >= 15 is 0 Å². The van der Waals surface area contributed by atoms with E-state index in [1.165, 1.54) is 5.69 Å². The molecular formula is C24H31N3O3. The molecule has 2 N–H and O–H groups in total. The fourth-order valence-corrected chi connectivity index (χ4v) is 4.25. The lowest BCUT2D eigenvalue weighted by Gasteiger charge is -2.38. The summed E-state index contributed by atoms with van der Waals surface area (Å²) in [4.78, 5) is 17.5. The Morgan fingerprint density at radius 2 is 1.63 bits per heavy atom. The van der Waals surface area contributed by atoms with Gasteiger partial charge in [0.05, 0.1) is 12.2 Å². The van der Waals surface area contributed by atoms with Gasteiger partial charge in [-0.1, -0.05) is 36.4 Å². The SMILES string of the molecule is O=C(Nc1ccccc1)[C@H]1O[C@H](CCN2CCN(c3ccccc3)CC2)CC[C@@H]1O. The Morgan fingerprint density at radius 1 is 0.967 bits per heavy atom. The molecule has 30 heavy (non-hydrogen) atoms. The van der Waals surface area contributed by atoms with Gasteiger partial charge in [0, 0.05) is 44.1 Å². The zero-order valence-electron chi connectivity index (χ0n) is 17.3. The number of hydrogen-bond donors (Lipinski definition) is 2. The van der Waals surface area contributed by atoms with Crippen LogP contribution in [0.2, 0.25) is 0 Å². The van der Waals surface area contributed by atoms with Crippen LogP contribution in [0.5, 0.6) is 0 Å². The minimum atomic E-state index is -0.807. The van der Waals surface area contributed by atoms with Crippen molar-refractivity contribution in [2.24, 2.45) is 0 Å². The van der Waals surface area contributed by atoms with E-state index in [0.29, 0.717) is 6.42 Å². The smallest absolute Gasteiger partial charge is 0.256 e. The second-order valence-corrected chi connectivity index (χ2v) is 8.13. The third kappa shape index (κ3) is 5.39. The summed E-state index contributed by atoms with van der Waals surface area (Å²) >= 11 is 0. The first-order valence-electron chi connectivity index (χ1n) is 10.9. The van der Waals surface area contributed by atoms with Crippen LogP contribution in [0.3, 0.4) is 0 Å². The van der Waals surface area contributed by atoms with Gasteiger partial charge in [-0.25, -0.2) is 0 Å². The van der Waals surface area contributed by atoms with Gasteiger partial charge in [-0.2, -0.15) is 0 Å². The first-order chi connectivity index (χ1) is 14.7. The summed E-state index contributed by atoms with van der Waals surface area (Å²) in [6, 6.07) is 19.9. The number of carbonyl (C=O) groups excluding carboxylic acids is 1. The van der Waals surface area contributed by atoms with E-state index in [1.54, 1.807) is 0 Å². The van der Waals surface area contributed by atoms with E-state index < -0.39 is 12.2 Å². The highest BCUT2D eigenvalue weighted by molar-refractivity contribution is 5.94. The zero-order valence-corrected chi connectivity index (χ0v) is 17.3. The normalized spacial score (nSPS) is 25.1. The van der Waals surface area contributed by atoms with Crippen molar-refractivity contribution >= 4 is 17.3 Å². The molecule has 0 aromatic heterocycles. The van der Waals surface area contributed by atoms with Gasteiger partial charge in [0.2, 0.25) is 0 Å². The number of aliphatic hydroxyl groups is 1. The Labute approximate surface area is 178 Å². The number of amides is 1. The van der Waals surface area contributed by atoms with Crippen LogP contribution < -0.4 is 10.2 Å². The van der Waals surface area contributed by atoms with Crippen LogP contribution in [0, 0.1) is 0 Å².